The van der Waals surface area contributed by atoms with E-state index in [1.165, 1.54) is 0 Å². The Morgan fingerprint density at radius 1 is 1.38 bits per heavy atom. The molecule has 108 valence electrons. The van der Waals surface area contributed by atoms with Crippen LogP contribution in [0, 0.1) is 6.92 Å². The van der Waals surface area contributed by atoms with E-state index in [0.717, 1.165) is 34.1 Å². The van der Waals surface area contributed by atoms with Gasteiger partial charge in [0, 0.05) is 16.5 Å². The van der Waals surface area contributed by atoms with Gasteiger partial charge in [-0.15, -0.1) is 0 Å². The molecule has 0 radical (unpaired) electrons. The summed E-state index contributed by atoms with van der Waals surface area (Å²) < 4.78 is 5.51. The Labute approximate surface area is 122 Å². The molecule has 0 aliphatic heterocycles. The number of aromatic amines is 1. The number of nitrogens with one attached hydrogen (secondary N) is 2. The second-order valence-electron chi connectivity index (χ2n) is 5.11. The number of hydrogen-bond acceptors (Lipinski definition) is 3. The fraction of sp³-hybridized carbons (Fsp3) is 0.250. The quantitative estimate of drug-likeness (QED) is 0.772. The second-order valence-corrected chi connectivity index (χ2v) is 5.11. The van der Waals surface area contributed by atoms with Gasteiger partial charge < -0.3 is 9.73 Å². The van der Waals surface area contributed by atoms with Crippen molar-refractivity contribution in [2.24, 2.45) is 0 Å². The van der Waals surface area contributed by atoms with Gasteiger partial charge in [-0.25, -0.2) is 0 Å². The van der Waals surface area contributed by atoms with E-state index in [1.54, 1.807) is 12.5 Å². The van der Waals surface area contributed by atoms with Crippen LogP contribution >= 0.6 is 0 Å². The van der Waals surface area contributed by atoms with E-state index >= 15 is 0 Å². The molecule has 0 unspecified atom stereocenters. The maximum absolute atomic E-state index is 12.2. The molecule has 0 saturated carbocycles. The van der Waals surface area contributed by atoms with Crippen LogP contribution in [0.3, 0.4) is 0 Å². The van der Waals surface area contributed by atoms with Crippen molar-refractivity contribution >= 4 is 22.7 Å². The van der Waals surface area contributed by atoms with E-state index in [4.69, 9.17) is 4.42 Å². The molecule has 21 heavy (non-hydrogen) atoms. The molecule has 5 heteroatoms. The van der Waals surface area contributed by atoms with Crippen molar-refractivity contribution in [2.75, 3.05) is 5.32 Å². The van der Waals surface area contributed by atoms with Gasteiger partial charge in [-0.3, -0.25) is 9.89 Å². The van der Waals surface area contributed by atoms with E-state index in [-0.39, 0.29) is 12.3 Å². The second kappa shape index (κ2) is 5.44. The zero-order valence-corrected chi connectivity index (χ0v) is 12.1. The first-order valence-electron chi connectivity index (χ1n) is 6.96. The van der Waals surface area contributed by atoms with Crippen LogP contribution in [0.2, 0.25) is 0 Å². The van der Waals surface area contributed by atoms with E-state index in [2.05, 4.69) is 15.5 Å². The Kier molecular flexibility index (Phi) is 3.48. The number of aryl methyl sites for hydroxylation is 2. The average molecular weight is 283 g/mol. The number of anilines is 1. The number of fused-ring (bicyclic) bond motifs is 1. The summed E-state index contributed by atoms with van der Waals surface area (Å²) >= 11 is 0. The maximum Gasteiger partial charge on any atom is 0.230 e. The molecule has 0 saturated heterocycles. The smallest absolute Gasteiger partial charge is 0.230 e. The Morgan fingerprint density at radius 2 is 2.24 bits per heavy atom. The van der Waals surface area contributed by atoms with Crippen LogP contribution in [0.15, 0.2) is 35.1 Å². The number of H-pyrrole nitrogens is 1. The molecular formula is C16H17N3O2. The number of aromatic nitrogens is 2. The zero-order chi connectivity index (χ0) is 14.8. The third kappa shape index (κ3) is 2.67. The lowest BCUT2D eigenvalue weighted by atomic mass is 10.1. The van der Waals surface area contributed by atoms with Gasteiger partial charge in [-0.1, -0.05) is 19.1 Å². The number of benzene rings is 1. The number of rotatable bonds is 4. The van der Waals surface area contributed by atoms with Crippen molar-refractivity contribution < 1.29 is 9.21 Å². The summed E-state index contributed by atoms with van der Waals surface area (Å²) in [7, 11) is 0. The molecule has 1 amide bonds. The highest BCUT2D eigenvalue weighted by Crippen LogP contribution is 2.23. The van der Waals surface area contributed by atoms with Gasteiger partial charge in [0.05, 0.1) is 18.9 Å². The highest BCUT2D eigenvalue weighted by atomic mass is 16.3. The third-order valence-corrected chi connectivity index (χ3v) is 3.53. The van der Waals surface area contributed by atoms with Crippen molar-refractivity contribution in [2.45, 2.75) is 26.7 Å². The lowest BCUT2D eigenvalue weighted by molar-refractivity contribution is -0.115. The lowest BCUT2D eigenvalue weighted by Crippen LogP contribution is -2.15. The van der Waals surface area contributed by atoms with Crippen molar-refractivity contribution in [1.29, 1.82) is 0 Å². The predicted molar refractivity (Wildman–Crippen MR) is 81.3 cm³/mol. The number of carbonyl (C=O) groups is 1. The van der Waals surface area contributed by atoms with Crippen LogP contribution in [0.5, 0.6) is 0 Å². The summed E-state index contributed by atoms with van der Waals surface area (Å²) in [4.78, 5) is 12.2. The number of carbonyl (C=O) groups excluding carboxylic acids is 1. The highest BCUT2D eigenvalue weighted by molar-refractivity contribution is 5.95. The number of furan rings is 1. The molecule has 0 aliphatic rings. The molecule has 0 bridgehead atoms. The van der Waals surface area contributed by atoms with Crippen LogP contribution in [0.4, 0.5) is 5.82 Å². The highest BCUT2D eigenvalue weighted by Gasteiger charge is 2.12. The van der Waals surface area contributed by atoms with Gasteiger partial charge in [0.25, 0.3) is 0 Å². The summed E-state index contributed by atoms with van der Waals surface area (Å²) in [5.41, 5.74) is 3.84. The van der Waals surface area contributed by atoms with Crippen molar-refractivity contribution in [3.8, 4) is 0 Å². The molecule has 0 fully saturated rings. The fourth-order valence-electron chi connectivity index (χ4n) is 2.37. The number of nitrogens with zero attached hydrogens (tertiary/aromatic N) is 1. The molecule has 3 rings (SSSR count). The van der Waals surface area contributed by atoms with E-state index in [1.807, 2.05) is 32.0 Å². The van der Waals surface area contributed by atoms with Gasteiger partial charge in [-0.05, 0) is 25.0 Å². The van der Waals surface area contributed by atoms with Crippen molar-refractivity contribution in [1.82, 2.24) is 10.2 Å². The zero-order valence-electron chi connectivity index (χ0n) is 12.1. The van der Waals surface area contributed by atoms with E-state index in [9.17, 15) is 4.79 Å². The van der Waals surface area contributed by atoms with Gasteiger partial charge >= 0.3 is 0 Å². The molecule has 2 N–H and O–H groups in total. The summed E-state index contributed by atoms with van der Waals surface area (Å²) in [6, 6.07) is 5.98. The van der Waals surface area contributed by atoms with E-state index < -0.39 is 0 Å². The first-order chi connectivity index (χ1) is 10.2. The van der Waals surface area contributed by atoms with Crippen molar-refractivity contribution in [3.63, 3.8) is 0 Å². The minimum Gasteiger partial charge on any atom is -0.464 e. The molecule has 2 aromatic heterocycles. The Bertz CT molecular complexity index is 786. The molecular weight excluding hydrogens is 266 g/mol. The molecule has 3 aromatic rings. The van der Waals surface area contributed by atoms with Gasteiger partial charge in [-0.2, -0.15) is 5.10 Å². The first kappa shape index (κ1) is 13.4. The third-order valence-electron chi connectivity index (χ3n) is 3.53. The summed E-state index contributed by atoms with van der Waals surface area (Å²) in [6.07, 6.45) is 4.47. The summed E-state index contributed by atoms with van der Waals surface area (Å²) in [5, 5.41) is 10.6. The molecule has 5 nitrogen and oxygen atoms in total. The molecule has 2 heterocycles. The van der Waals surface area contributed by atoms with Gasteiger partial charge in [0.15, 0.2) is 0 Å². The van der Waals surface area contributed by atoms with Gasteiger partial charge in [0.2, 0.25) is 5.91 Å². The van der Waals surface area contributed by atoms with Crippen molar-refractivity contribution in [3.05, 3.63) is 47.3 Å². The standard InChI is InChI=1S/C16H17N3O2/c1-3-11-8-17-19-16(11)18-15(20)7-12-9-21-14-6-10(2)4-5-13(12)14/h4-6,8-9H,3,7H2,1-2H3,(H2,17,18,19,20). The van der Waals surface area contributed by atoms with Crippen LogP contribution in [-0.2, 0) is 17.6 Å². The first-order valence-corrected chi connectivity index (χ1v) is 6.96. The Morgan fingerprint density at radius 3 is 3.05 bits per heavy atom. The van der Waals surface area contributed by atoms with E-state index in [0.29, 0.717) is 5.82 Å². The van der Waals surface area contributed by atoms with Gasteiger partial charge in [0.1, 0.15) is 11.4 Å². The van der Waals surface area contributed by atoms with Crippen LogP contribution < -0.4 is 5.32 Å². The van der Waals surface area contributed by atoms with Crippen LogP contribution in [0.1, 0.15) is 23.6 Å². The lowest BCUT2D eigenvalue weighted by Gasteiger charge is -2.04. The number of amides is 1. The predicted octanol–water partition coefficient (Wildman–Crippen LogP) is 3.21. The minimum absolute atomic E-state index is 0.0859. The minimum atomic E-state index is -0.0859. The fourth-order valence-corrected chi connectivity index (χ4v) is 2.37. The molecule has 0 atom stereocenters. The monoisotopic (exact) mass is 283 g/mol. The topological polar surface area (TPSA) is 70.9 Å². The molecule has 1 aromatic carbocycles. The normalized spacial score (nSPS) is 11.0. The van der Waals surface area contributed by atoms with Crippen LogP contribution in [-0.4, -0.2) is 16.1 Å². The SMILES string of the molecule is CCc1cn[nH]c1NC(=O)Cc1coc2cc(C)ccc12. The maximum atomic E-state index is 12.2. The Balaban J connectivity index is 1.77. The molecule has 0 spiro atoms. The Hall–Kier alpha value is -2.56. The number of hydrogen-bond donors (Lipinski definition) is 2. The summed E-state index contributed by atoms with van der Waals surface area (Å²) in [5.74, 6) is 0.586. The molecule has 0 aliphatic carbocycles. The largest absolute Gasteiger partial charge is 0.464 e. The average Bonchev–Trinajstić information content (AvgIpc) is 3.05. The van der Waals surface area contributed by atoms with Crippen LogP contribution in [0.25, 0.3) is 11.0 Å². The summed E-state index contributed by atoms with van der Waals surface area (Å²) in [6.45, 7) is 4.03.